The second kappa shape index (κ2) is 4.32. The van der Waals surface area contributed by atoms with Gasteiger partial charge in [-0.05, 0) is 6.92 Å². The third-order valence-electron chi connectivity index (χ3n) is 2.28. The summed E-state index contributed by atoms with van der Waals surface area (Å²) in [5, 5.41) is 2.83. The van der Waals surface area contributed by atoms with E-state index < -0.39 is 0 Å². The zero-order valence-corrected chi connectivity index (χ0v) is 9.78. The molecule has 5 nitrogen and oxygen atoms in total. The molecular weight excluding hydrogens is 264 g/mol. The summed E-state index contributed by atoms with van der Waals surface area (Å²) in [6.07, 6.45) is 1.26. The lowest BCUT2D eigenvalue weighted by Gasteiger charge is -2.12. The van der Waals surface area contributed by atoms with E-state index in [2.05, 4.69) is 26.2 Å². The van der Waals surface area contributed by atoms with Gasteiger partial charge in [-0.1, -0.05) is 15.9 Å². The highest BCUT2D eigenvalue weighted by atomic mass is 79.9. The molecule has 6 heteroatoms. The highest BCUT2D eigenvalue weighted by molar-refractivity contribution is 9.09. The Balaban J connectivity index is 2.01. The zero-order valence-electron chi connectivity index (χ0n) is 8.20. The Labute approximate surface area is 95.3 Å². The van der Waals surface area contributed by atoms with Crippen molar-refractivity contribution in [3.63, 3.8) is 0 Å². The number of hydrogen-bond acceptors (Lipinski definition) is 4. The van der Waals surface area contributed by atoms with E-state index in [-0.39, 0.29) is 22.5 Å². The molecule has 1 saturated heterocycles. The molecule has 2 rings (SSSR count). The van der Waals surface area contributed by atoms with Crippen molar-refractivity contribution in [1.29, 1.82) is 0 Å². The van der Waals surface area contributed by atoms with Gasteiger partial charge in [-0.25, -0.2) is 4.98 Å². The number of rotatable bonds is 2. The number of alkyl halides is 1. The number of aryl methyl sites for hydroxylation is 1. The van der Waals surface area contributed by atoms with Gasteiger partial charge >= 0.3 is 0 Å². The van der Waals surface area contributed by atoms with Crippen LogP contribution in [-0.2, 0) is 4.74 Å². The fraction of sp³-hybridized carbons (Fsp3) is 0.556. The molecule has 2 unspecified atom stereocenters. The van der Waals surface area contributed by atoms with Crippen LogP contribution in [0.2, 0.25) is 0 Å². The molecule has 0 bridgehead atoms. The smallest absolute Gasteiger partial charge is 0.289 e. The fourth-order valence-corrected chi connectivity index (χ4v) is 1.89. The maximum atomic E-state index is 11.7. The first kappa shape index (κ1) is 10.6. The maximum absolute atomic E-state index is 11.7. The third kappa shape index (κ3) is 2.21. The van der Waals surface area contributed by atoms with Gasteiger partial charge in [0.15, 0.2) is 6.39 Å². The number of hydrogen-bond donors (Lipinski definition) is 1. The summed E-state index contributed by atoms with van der Waals surface area (Å²) in [6.45, 7) is 2.87. The van der Waals surface area contributed by atoms with Crippen LogP contribution >= 0.6 is 15.9 Å². The van der Waals surface area contributed by atoms with Crippen molar-refractivity contribution in [2.75, 3.05) is 13.2 Å². The maximum Gasteiger partial charge on any atom is 0.289 e. The Morgan fingerprint density at radius 2 is 2.47 bits per heavy atom. The summed E-state index contributed by atoms with van der Waals surface area (Å²) < 4.78 is 10.2. The Bertz CT molecular complexity index is 366. The van der Waals surface area contributed by atoms with E-state index in [1.165, 1.54) is 6.39 Å². The molecule has 2 atom stereocenters. The van der Waals surface area contributed by atoms with Crippen molar-refractivity contribution in [1.82, 2.24) is 10.3 Å². The van der Waals surface area contributed by atoms with E-state index in [1.807, 2.05) is 0 Å². The molecule has 1 aromatic rings. The van der Waals surface area contributed by atoms with Gasteiger partial charge in [-0.3, -0.25) is 4.79 Å². The summed E-state index contributed by atoms with van der Waals surface area (Å²) in [6, 6.07) is -0.0120. The van der Waals surface area contributed by atoms with Gasteiger partial charge in [-0.15, -0.1) is 0 Å². The summed E-state index contributed by atoms with van der Waals surface area (Å²) in [7, 11) is 0. The van der Waals surface area contributed by atoms with E-state index >= 15 is 0 Å². The lowest BCUT2D eigenvalue weighted by atomic mass is 10.2. The lowest BCUT2D eigenvalue weighted by molar-refractivity contribution is 0.0901. The number of carbonyl (C=O) groups is 1. The van der Waals surface area contributed by atoms with Gasteiger partial charge in [0.2, 0.25) is 5.76 Å². The average Bonchev–Trinajstić information content (AvgIpc) is 2.76. The van der Waals surface area contributed by atoms with Gasteiger partial charge in [0, 0.05) is 0 Å². The highest BCUT2D eigenvalue weighted by Crippen LogP contribution is 2.15. The minimum atomic E-state index is -0.245. The number of halogens is 1. The Kier molecular flexibility index (Phi) is 3.06. The number of aromatic nitrogens is 1. The molecule has 15 heavy (non-hydrogen) atoms. The molecule has 0 aromatic carbocycles. The average molecular weight is 275 g/mol. The van der Waals surface area contributed by atoms with Crippen LogP contribution in [0.15, 0.2) is 10.8 Å². The van der Waals surface area contributed by atoms with Crippen molar-refractivity contribution in [3.8, 4) is 0 Å². The standard InChI is InChI=1S/C9H11BrN2O3/c1-5-8(15-4-11-5)9(13)12-7-3-14-2-6(7)10/h4,6-7H,2-3H2,1H3,(H,12,13). The van der Waals surface area contributed by atoms with E-state index in [0.717, 1.165) is 0 Å². The number of nitrogens with one attached hydrogen (secondary N) is 1. The summed E-state index contributed by atoms with van der Waals surface area (Å²) in [5.41, 5.74) is 0.595. The van der Waals surface area contributed by atoms with Crippen LogP contribution in [0.4, 0.5) is 0 Å². The molecule has 1 N–H and O–H groups in total. The predicted molar refractivity (Wildman–Crippen MR) is 56.0 cm³/mol. The molecule has 1 aromatic heterocycles. The molecule has 1 amide bonds. The first-order valence-corrected chi connectivity index (χ1v) is 5.53. The molecular formula is C9H11BrN2O3. The van der Waals surface area contributed by atoms with Crippen LogP contribution in [0.5, 0.6) is 0 Å². The minimum absolute atomic E-state index is 0.0120. The van der Waals surface area contributed by atoms with E-state index in [1.54, 1.807) is 6.92 Å². The van der Waals surface area contributed by atoms with Crippen molar-refractivity contribution in [2.45, 2.75) is 17.8 Å². The van der Waals surface area contributed by atoms with Gasteiger partial charge in [0.05, 0.1) is 29.8 Å². The molecule has 0 saturated carbocycles. The SMILES string of the molecule is Cc1ncoc1C(=O)NC1COCC1Br. The monoisotopic (exact) mass is 274 g/mol. The topological polar surface area (TPSA) is 64.4 Å². The Morgan fingerprint density at radius 3 is 3.00 bits per heavy atom. The molecule has 0 spiro atoms. The van der Waals surface area contributed by atoms with Crippen LogP contribution in [0.25, 0.3) is 0 Å². The molecule has 1 fully saturated rings. The van der Waals surface area contributed by atoms with Gasteiger partial charge in [0.25, 0.3) is 5.91 Å². The Hall–Kier alpha value is -0.880. The number of carbonyl (C=O) groups excluding carboxylic acids is 1. The number of nitrogens with zero attached hydrogens (tertiary/aromatic N) is 1. The van der Waals surface area contributed by atoms with Crippen molar-refractivity contribution < 1.29 is 13.9 Å². The van der Waals surface area contributed by atoms with E-state index in [0.29, 0.717) is 18.9 Å². The van der Waals surface area contributed by atoms with Crippen LogP contribution in [0, 0.1) is 6.92 Å². The van der Waals surface area contributed by atoms with Gasteiger partial charge < -0.3 is 14.5 Å². The quantitative estimate of drug-likeness (QED) is 0.813. The van der Waals surface area contributed by atoms with E-state index in [4.69, 9.17) is 9.15 Å². The van der Waals surface area contributed by atoms with E-state index in [9.17, 15) is 4.79 Å². The summed E-state index contributed by atoms with van der Waals surface area (Å²) in [4.78, 5) is 15.7. The molecule has 1 aliphatic heterocycles. The fourth-order valence-electron chi connectivity index (χ4n) is 1.41. The second-order valence-electron chi connectivity index (χ2n) is 3.40. The molecule has 82 valence electrons. The summed E-state index contributed by atoms with van der Waals surface area (Å²) in [5.74, 6) is 0.0200. The summed E-state index contributed by atoms with van der Waals surface area (Å²) >= 11 is 3.43. The number of oxazole rings is 1. The van der Waals surface area contributed by atoms with Crippen LogP contribution in [0.1, 0.15) is 16.2 Å². The second-order valence-corrected chi connectivity index (χ2v) is 4.58. The highest BCUT2D eigenvalue weighted by Gasteiger charge is 2.28. The predicted octanol–water partition coefficient (Wildman–Crippen LogP) is 0.875. The normalized spacial score (nSPS) is 25.5. The van der Waals surface area contributed by atoms with Crippen LogP contribution in [0.3, 0.4) is 0 Å². The van der Waals surface area contributed by atoms with Crippen molar-refractivity contribution in [2.24, 2.45) is 0 Å². The largest absolute Gasteiger partial charge is 0.438 e. The van der Waals surface area contributed by atoms with Gasteiger partial charge in [-0.2, -0.15) is 0 Å². The van der Waals surface area contributed by atoms with Crippen molar-refractivity contribution in [3.05, 3.63) is 17.8 Å². The van der Waals surface area contributed by atoms with Crippen LogP contribution in [-0.4, -0.2) is 35.0 Å². The lowest BCUT2D eigenvalue weighted by Crippen LogP contribution is -2.40. The van der Waals surface area contributed by atoms with Crippen LogP contribution < -0.4 is 5.32 Å². The zero-order chi connectivity index (χ0) is 10.8. The van der Waals surface area contributed by atoms with Crippen molar-refractivity contribution >= 4 is 21.8 Å². The Morgan fingerprint density at radius 1 is 1.67 bits per heavy atom. The number of amides is 1. The first-order valence-electron chi connectivity index (χ1n) is 4.61. The molecule has 0 aliphatic carbocycles. The molecule has 2 heterocycles. The minimum Gasteiger partial charge on any atom is -0.438 e. The third-order valence-corrected chi connectivity index (χ3v) is 3.18. The molecule has 0 radical (unpaired) electrons. The first-order chi connectivity index (χ1) is 7.18. The number of ether oxygens (including phenoxy) is 1. The molecule has 1 aliphatic rings. The van der Waals surface area contributed by atoms with Gasteiger partial charge in [0.1, 0.15) is 0 Å².